The van der Waals surface area contributed by atoms with Crippen molar-refractivity contribution < 1.29 is 19.8 Å². The van der Waals surface area contributed by atoms with E-state index in [0.717, 1.165) is 57.4 Å². The van der Waals surface area contributed by atoms with Gasteiger partial charge in [0.2, 0.25) is 5.91 Å². The highest BCUT2D eigenvalue weighted by Crippen LogP contribution is 2.35. The first-order valence-electron chi connectivity index (χ1n) is 15.8. The number of rotatable bonds is 10. The Hall–Kier alpha value is -1.43. The van der Waals surface area contributed by atoms with E-state index in [1.807, 2.05) is 0 Å². The third-order valence-corrected chi connectivity index (χ3v) is 9.51. The van der Waals surface area contributed by atoms with Crippen LogP contribution in [0.1, 0.15) is 84.0 Å². The van der Waals surface area contributed by atoms with Crippen molar-refractivity contribution in [3.05, 3.63) is 12.2 Å². The summed E-state index contributed by atoms with van der Waals surface area (Å²) in [6.07, 6.45) is 17.6. The molecule has 2 saturated carbocycles. The van der Waals surface area contributed by atoms with Gasteiger partial charge in [-0.3, -0.25) is 14.5 Å². The summed E-state index contributed by atoms with van der Waals surface area (Å²) in [6.45, 7) is 4.76. The molecule has 3 aliphatic carbocycles. The zero-order valence-corrected chi connectivity index (χ0v) is 24.4. The lowest BCUT2D eigenvalue weighted by Crippen LogP contribution is -2.51. The summed E-state index contributed by atoms with van der Waals surface area (Å²) in [5, 5.41) is 25.4. The first-order valence-corrected chi connectivity index (χ1v) is 15.8. The molecule has 7 nitrogen and oxygen atoms in total. The molecule has 0 radical (unpaired) electrons. The molecule has 3 fully saturated rings. The molecule has 1 amide bonds. The lowest BCUT2D eigenvalue weighted by Gasteiger charge is -2.32. The zero-order valence-electron chi connectivity index (χ0n) is 24.4. The highest BCUT2D eigenvalue weighted by atomic mass is 16.7. The van der Waals surface area contributed by atoms with Crippen molar-refractivity contribution in [3.8, 4) is 11.8 Å². The van der Waals surface area contributed by atoms with Crippen molar-refractivity contribution in [2.75, 3.05) is 39.8 Å². The van der Waals surface area contributed by atoms with Crippen molar-refractivity contribution in [1.29, 1.82) is 0 Å². The number of hydrogen-bond donors (Lipinski definition) is 3. The van der Waals surface area contributed by atoms with Gasteiger partial charge in [0.05, 0.1) is 19.3 Å². The minimum atomic E-state index is -0.750. The lowest BCUT2D eigenvalue weighted by atomic mass is 9.81. The minimum Gasteiger partial charge on any atom is -0.394 e. The van der Waals surface area contributed by atoms with Crippen molar-refractivity contribution >= 4 is 5.91 Å². The predicted octanol–water partition coefficient (Wildman–Crippen LogP) is 3.75. The number of allylic oxidation sites excluding steroid dienone is 1. The Morgan fingerprint density at radius 2 is 1.87 bits per heavy atom. The maximum atomic E-state index is 13.4. The topological polar surface area (TPSA) is 85.3 Å². The second-order valence-electron chi connectivity index (χ2n) is 12.8. The van der Waals surface area contributed by atoms with Gasteiger partial charge in [-0.25, -0.2) is 0 Å². The fourth-order valence-corrected chi connectivity index (χ4v) is 7.23. The van der Waals surface area contributed by atoms with Crippen LogP contribution in [0.25, 0.3) is 0 Å². The summed E-state index contributed by atoms with van der Waals surface area (Å²) in [4.78, 5) is 21.9. The second kappa shape index (κ2) is 15.5. The first kappa shape index (κ1) is 30.5. The summed E-state index contributed by atoms with van der Waals surface area (Å²) >= 11 is 0. The van der Waals surface area contributed by atoms with E-state index in [-0.39, 0.29) is 12.5 Å². The number of aliphatic hydroxyl groups excluding tert-OH is 2. The van der Waals surface area contributed by atoms with E-state index in [4.69, 9.17) is 4.84 Å². The third-order valence-electron chi connectivity index (χ3n) is 9.51. The predicted molar refractivity (Wildman–Crippen MR) is 154 cm³/mol. The monoisotopic (exact) mass is 543 g/mol. The molecule has 7 heteroatoms. The Labute approximate surface area is 236 Å². The fourth-order valence-electron chi connectivity index (χ4n) is 7.23. The molecular weight excluding hydrogens is 490 g/mol. The molecule has 0 aromatic rings. The highest BCUT2D eigenvalue weighted by Gasteiger charge is 2.49. The van der Waals surface area contributed by atoms with Crippen molar-refractivity contribution in [3.63, 3.8) is 0 Å². The Balaban J connectivity index is 1.26. The van der Waals surface area contributed by atoms with E-state index in [2.05, 4.69) is 41.3 Å². The Morgan fingerprint density at radius 1 is 1.10 bits per heavy atom. The highest BCUT2D eigenvalue weighted by molar-refractivity contribution is 5.82. The zero-order chi connectivity index (χ0) is 27.6. The molecule has 0 spiro atoms. The Bertz CT molecular complexity index is 838. The van der Waals surface area contributed by atoms with Crippen LogP contribution in [0.2, 0.25) is 0 Å². The Kier molecular flexibility index (Phi) is 12.2. The van der Waals surface area contributed by atoms with Crippen LogP contribution in [0, 0.1) is 41.4 Å². The van der Waals surface area contributed by atoms with Gasteiger partial charge in [-0.2, -0.15) is 5.06 Å². The van der Waals surface area contributed by atoms with Gasteiger partial charge < -0.3 is 15.5 Å². The van der Waals surface area contributed by atoms with Gasteiger partial charge in [0.1, 0.15) is 12.1 Å². The third kappa shape index (κ3) is 9.03. The second-order valence-corrected chi connectivity index (χ2v) is 12.8. The summed E-state index contributed by atoms with van der Waals surface area (Å²) in [5.41, 5.74) is 0. The molecule has 4 rings (SSSR count). The van der Waals surface area contributed by atoms with Crippen LogP contribution in [0.15, 0.2) is 12.2 Å². The molecule has 1 saturated heterocycles. The average molecular weight is 544 g/mol. The van der Waals surface area contributed by atoms with Gasteiger partial charge in [0.15, 0.2) is 0 Å². The maximum Gasteiger partial charge on any atom is 0.240 e. The number of amides is 1. The van der Waals surface area contributed by atoms with Gasteiger partial charge in [-0.05, 0) is 89.5 Å². The Morgan fingerprint density at radius 3 is 2.54 bits per heavy atom. The number of hydrogen-bond acceptors (Lipinski definition) is 6. The van der Waals surface area contributed by atoms with Gasteiger partial charge in [-0.1, -0.05) is 43.3 Å². The number of nitrogens with one attached hydrogen (secondary N) is 1. The van der Waals surface area contributed by atoms with Gasteiger partial charge in [-0.15, -0.1) is 0 Å². The van der Waals surface area contributed by atoms with E-state index in [1.165, 1.54) is 38.6 Å². The number of aliphatic hydroxyl groups is 2. The smallest absolute Gasteiger partial charge is 0.240 e. The molecule has 5 atom stereocenters. The summed E-state index contributed by atoms with van der Waals surface area (Å²) in [5.74, 6) is 8.52. The van der Waals surface area contributed by atoms with Crippen LogP contribution >= 0.6 is 0 Å². The summed E-state index contributed by atoms with van der Waals surface area (Å²) < 4.78 is 0. The maximum absolute atomic E-state index is 13.4. The number of nitrogens with zero attached hydrogens (tertiary/aromatic N) is 2. The van der Waals surface area contributed by atoms with Gasteiger partial charge in [0.25, 0.3) is 0 Å². The normalized spacial score (nSPS) is 33.1. The largest absolute Gasteiger partial charge is 0.394 e. The van der Waals surface area contributed by atoms with Crippen molar-refractivity contribution in [1.82, 2.24) is 15.3 Å². The summed E-state index contributed by atoms with van der Waals surface area (Å²) in [6, 6.07) is -0.591. The van der Waals surface area contributed by atoms with E-state index in [0.29, 0.717) is 30.8 Å². The summed E-state index contributed by atoms with van der Waals surface area (Å²) in [7, 11) is 2.20. The van der Waals surface area contributed by atoms with Crippen LogP contribution in [0.3, 0.4) is 0 Å². The molecule has 1 unspecified atom stereocenters. The van der Waals surface area contributed by atoms with Gasteiger partial charge in [0, 0.05) is 31.5 Å². The molecule has 4 aliphatic rings. The quantitative estimate of drug-likeness (QED) is 0.288. The van der Waals surface area contributed by atoms with Crippen LogP contribution in [-0.4, -0.2) is 84.2 Å². The molecule has 1 aliphatic heterocycles. The standard InChI is InChI=1S/C32H53N3O4/c1-24(37)30-29(23-36)39-35(31(30)32(38)33-20-26-10-5-3-6-11-26)22-28-17-15-25(16-18-28)14-9-19-34(2)21-27-12-7-4-8-13-27/h5,10,24-31,36-37H,3-4,6-8,11-13,15-23H2,1-2H3,(H,33,38)/t24-,25?,26?,28?,29-,30+,31-/m0/s1. The van der Waals surface area contributed by atoms with Crippen LogP contribution in [0.4, 0.5) is 0 Å². The number of hydroxylamine groups is 2. The SMILES string of the molecule is C[C@H](O)[C@@H]1[C@H](CO)ON(CC2CCC(C#CCN(C)CC3CCCCC3)CC2)[C@@H]1C(=O)NCC1C=CCCC1. The average Bonchev–Trinajstić information content (AvgIpc) is 3.32. The first-order chi connectivity index (χ1) is 18.9. The number of carbonyl (C=O) groups excluding carboxylic acids is 1. The van der Waals surface area contributed by atoms with Crippen LogP contribution in [-0.2, 0) is 9.63 Å². The molecule has 220 valence electrons. The van der Waals surface area contributed by atoms with E-state index in [9.17, 15) is 15.0 Å². The van der Waals surface area contributed by atoms with E-state index >= 15 is 0 Å². The van der Waals surface area contributed by atoms with Crippen LogP contribution in [0.5, 0.6) is 0 Å². The van der Waals surface area contributed by atoms with Crippen LogP contribution < -0.4 is 5.32 Å². The van der Waals surface area contributed by atoms with Crippen molar-refractivity contribution in [2.45, 2.75) is 102 Å². The molecule has 3 N–H and O–H groups in total. The van der Waals surface area contributed by atoms with Crippen molar-refractivity contribution in [2.24, 2.45) is 29.6 Å². The molecule has 39 heavy (non-hydrogen) atoms. The molecule has 1 heterocycles. The fraction of sp³-hybridized carbons (Fsp3) is 0.844. The van der Waals surface area contributed by atoms with E-state index in [1.54, 1.807) is 12.0 Å². The molecule has 0 aromatic heterocycles. The molecular formula is C32H53N3O4. The molecule has 0 bridgehead atoms. The number of carbonyl (C=O) groups is 1. The van der Waals surface area contributed by atoms with Gasteiger partial charge >= 0.3 is 0 Å². The molecule has 0 aromatic carbocycles. The lowest BCUT2D eigenvalue weighted by molar-refractivity contribution is -0.183. The van der Waals surface area contributed by atoms with E-state index < -0.39 is 24.2 Å². The minimum absolute atomic E-state index is 0.104.